The van der Waals surface area contributed by atoms with E-state index in [2.05, 4.69) is 28.4 Å². The third-order valence-corrected chi connectivity index (χ3v) is 2.91. The van der Waals surface area contributed by atoms with Crippen molar-refractivity contribution in [3.05, 3.63) is 36.0 Å². The van der Waals surface area contributed by atoms with Gasteiger partial charge in [0.1, 0.15) is 0 Å². The van der Waals surface area contributed by atoms with Crippen molar-refractivity contribution in [2.24, 2.45) is 0 Å². The van der Waals surface area contributed by atoms with Gasteiger partial charge >= 0.3 is 0 Å². The lowest BCUT2D eigenvalue weighted by molar-refractivity contribution is 0.790. The predicted molar refractivity (Wildman–Crippen MR) is 77.7 cm³/mol. The minimum atomic E-state index is 0.859. The lowest BCUT2D eigenvalue weighted by Gasteiger charge is -2.10. The zero-order valence-corrected chi connectivity index (χ0v) is 10.7. The third kappa shape index (κ3) is 3.01. The van der Waals surface area contributed by atoms with Crippen LogP contribution in [0.5, 0.6) is 0 Å². The van der Waals surface area contributed by atoms with E-state index in [1.54, 1.807) is 0 Å². The number of hydrogen-bond donors (Lipinski definition) is 1. The van der Waals surface area contributed by atoms with Crippen LogP contribution in [0.2, 0.25) is 0 Å². The molecule has 1 aromatic carbocycles. The Labute approximate surface area is 108 Å². The number of para-hydroxylation sites is 1. The highest BCUT2D eigenvalue weighted by atomic mass is 14.9. The van der Waals surface area contributed by atoms with Crippen LogP contribution in [0.15, 0.2) is 30.3 Å². The number of hydrogen-bond acceptors (Lipinski definition) is 2. The van der Waals surface area contributed by atoms with Gasteiger partial charge in [-0.3, -0.25) is 4.98 Å². The van der Waals surface area contributed by atoms with E-state index in [4.69, 9.17) is 6.42 Å². The molecule has 0 bridgehead atoms. The molecule has 92 valence electrons. The molecular weight excluding hydrogens is 220 g/mol. The van der Waals surface area contributed by atoms with E-state index in [0.29, 0.717) is 0 Å². The SMILES string of the molecule is C#CCCCCNc1cc(C)nc2ccccc12. The van der Waals surface area contributed by atoms with Crippen LogP contribution in [0.4, 0.5) is 5.69 Å². The lowest BCUT2D eigenvalue weighted by atomic mass is 10.1. The van der Waals surface area contributed by atoms with Gasteiger partial charge in [-0.05, 0) is 31.9 Å². The number of nitrogens with zero attached hydrogens (tertiary/aromatic N) is 1. The van der Waals surface area contributed by atoms with Crippen molar-refractivity contribution in [1.82, 2.24) is 4.98 Å². The molecule has 0 radical (unpaired) electrons. The van der Waals surface area contributed by atoms with Crippen LogP contribution in [0.3, 0.4) is 0 Å². The summed E-state index contributed by atoms with van der Waals surface area (Å²) in [7, 11) is 0. The molecule has 2 rings (SSSR count). The van der Waals surface area contributed by atoms with Gasteiger partial charge in [-0.1, -0.05) is 18.2 Å². The van der Waals surface area contributed by atoms with Crippen LogP contribution in [-0.2, 0) is 0 Å². The fourth-order valence-electron chi connectivity index (χ4n) is 2.03. The largest absolute Gasteiger partial charge is 0.384 e. The van der Waals surface area contributed by atoms with E-state index in [9.17, 15) is 0 Å². The number of terminal acetylenes is 1. The Morgan fingerprint density at radius 2 is 2.11 bits per heavy atom. The molecule has 1 heterocycles. The topological polar surface area (TPSA) is 24.9 Å². The average Bonchev–Trinajstić information content (AvgIpc) is 2.38. The van der Waals surface area contributed by atoms with Crippen molar-refractivity contribution < 1.29 is 0 Å². The number of aromatic nitrogens is 1. The number of anilines is 1. The second-order valence-corrected chi connectivity index (χ2v) is 4.42. The second kappa shape index (κ2) is 6.07. The molecular formula is C16H18N2. The highest BCUT2D eigenvalue weighted by Gasteiger charge is 2.02. The summed E-state index contributed by atoms with van der Waals surface area (Å²) < 4.78 is 0. The molecule has 1 aromatic heterocycles. The number of rotatable bonds is 5. The van der Waals surface area contributed by atoms with Crippen molar-refractivity contribution in [3.8, 4) is 12.3 Å². The van der Waals surface area contributed by atoms with Crippen LogP contribution in [-0.4, -0.2) is 11.5 Å². The molecule has 0 spiro atoms. The van der Waals surface area contributed by atoms with Gasteiger partial charge in [0.25, 0.3) is 0 Å². The van der Waals surface area contributed by atoms with Crippen LogP contribution >= 0.6 is 0 Å². The van der Waals surface area contributed by atoms with Crippen LogP contribution < -0.4 is 5.32 Å². The zero-order chi connectivity index (χ0) is 12.8. The van der Waals surface area contributed by atoms with Crippen LogP contribution in [0.25, 0.3) is 10.9 Å². The van der Waals surface area contributed by atoms with Gasteiger partial charge in [0, 0.05) is 29.7 Å². The van der Waals surface area contributed by atoms with Gasteiger partial charge in [-0.15, -0.1) is 12.3 Å². The van der Waals surface area contributed by atoms with Crippen molar-refractivity contribution in [3.63, 3.8) is 0 Å². The molecule has 2 nitrogen and oxygen atoms in total. The minimum absolute atomic E-state index is 0.859. The summed E-state index contributed by atoms with van der Waals surface area (Å²) in [6.07, 6.45) is 8.27. The number of benzene rings is 1. The zero-order valence-electron chi connectivity index (χ0n) is 10.7. The Morgan fingerprint density at radius 3 is 2.94 bits per heavy atom. The summed E-state index contributed by atoms with van der Waals surface area (Å²) in [6, 6.07) is 10.3. The Bertz CT molecular complexity index is 567. The van der Waals surface area contributed by atoms with E-state index in [-0.39, 0.29) is 0 Å². The number of aryl methyl sites for hydroxylation is 1. The Balaban J connectivity index is 2.10. The predicted octanol–water partition coefficient (Wildman–Crippen LogP) is 3.76. The first-order valence-corrected chi connectivity index (χ1v) is 6.35. The monoisotopic (exact) mass is 238 g/mol. The van der Waals surface area contributed by atoms with Crippen molar-refractivity contribution in [1.29, 1.82) is 0 Å². The number of fused-ring (bicyclic) bond motifs is 1. The van der Waals surface area contributed by atoms with E-state index in [1.807, 2.05) is 25.1 Å². The Morgan fingerprint density at radius 1 is 1.28 bits per heavy atom. The molecule has 0 aliphatic carbocycles. The third-order valence-electron chi connectivity index (χ3n) is 2.91. The lowest BCUT2D eigenvalue weighted by Crippen LogP contribution is -2.03. The highest BCUT2D eigenvalue weighted by Crippen LogP contribution is 2.22. The molecule has 0 unspecified atom stereocenters. The normalized spacial score (nSPS) is 10.2. The quantitative estimate of drug-likeness (QED) is 0.633. The van der Waals surface area contributed by atoms with Gasteiger partial charge in [-0.2, -0.15) is 0 Å². The summed E-state index contributed by atoms with van der Waals surface area (Å²) in [4.78, 5) is 4.53. The summed E-state index contributed by atoms with van der Waals surface area (Å²) in [5.74, 6) is 2.67. The van der Waals surface area contributed by atoms with Gasteiger partial charge in [0.2, 0.25) is 0 Å². The van der Waals surface area contributed by atoms with Gasteiger partial charge in [0.15, 0.2) is 0 Å². The minimum Gasteiger partial charge on any atom is -0.384 e. The molecule has 1 N–H and O–H groups in total. The molecule has 0 aliphatic rings. The number of unbranched alkanes of at least 4 members (excludes halogenated alkanes) is 2. The standard InChI is InChI=1S/C16H18N2/c1-3-4-5-8-11-17-16-12-13(2)18-15-10-7-6-9-14(15)16/h1,6-7,9-10,12H,4-5,8,11H2,2H3,(H,17,18). The van der Waals surface area contributed by atoms with Crippen molar-refractivity contribution >= 4 is 16.6 Å². The average molecular weight is 238 g/mol. The van der Waals surface area contributed by atoms with Crippen LogP contribution in [0, 0.1) is 19.3 Å². The van der Waals surface area contributed by atoms with E-state index < -0.39 is 0 Å². The van der Waals surface area contributed by atoms with Crippen molar-refractivity contribution in [2.75, 3.05) is 11.9 Å². The molecule has 0 saturated heterocycles. The fourth-order valence-corrected chi connectivity index (χ4v) is 2.03. The molecule has 0 amide bonds. The first kappa shape index (κ1) is 12.4. The second-order valence-electron chi connectivity index (χ2n) is 4.42. The maximum atomic E-state index is 5.24. The number of pyridine rings is 1. The molecule has 0 aliphatic heterocycles. The van der Waals surface area contributed by atoms with Gasteiger partial charge in [-0.25, -0.2) is 0 Å². The Hall–Kier alpha value is -2.01. The fraction of sp³-hybridized carbons (Fsp3) is 0.312. The summed E-state index contributed by atoms with van der Waals surface area (Å²) in [5, 5.41) is 4.66. The highest BCUT2D eigenvalue weighted by molar-refractivity contribution is 5.91. The first-order chi connectivity index (χ1) is 8.81. The Kier molecular flexibility index (Phi) is 4.20. The summed E-state index contributed by atoms with van der Waals surface area (Å²) in [5.41, 5.74) is 3.25. The van der Waals surface area contributed by atoms with Gasteiger partial charge in [0.05, 0.1) is 5.52 Å². The first-order valence-electron chi connectivity index (χ1n) is 6.35. The maximum Gasteiger partial charge on any atom is 0.0725 e. The molecule has 18 heavy (non-hydrogen) atoms. The molecule has 2 heteroatoms. The van der Waals surface area contributed by atoms with E-state index >= 15 is 0 Å². The van der Waals surface area contributed by atoms with Crippen molar-refractivity contribution in [2.45, 2.75) is 26.2 Å². The summed E-state index contributed by atoms with van der Waals surface area (Å²) in [6.45, 7) is 2.98. The van der Waals surface area contributed by atoms with E-state index in [1.165, 1.54) is 11.1 Å². The molecule has 0 fully saturated rings. The molecule has 0 atom stereocenters. The summed E-state index contributed by atoms with van der Waals surface area (Å²) >= 11 is 0. The van der Waals surface area contributed by atoms with E-state index in [0.717, 1.165) is 37.0 Å². The van der Waals surface area contributed by atoms with Crippen LogP contribution in [0.1, 0.15) is 25.0 Å². The van der Waals surface area contributed by atoms with Gasteiger partial charge < -0.3 is 5.32 Å². The maximum absolute atomic E-state index is 5.24. The smallest absolute Gasteiger partial charge is 0.0725 e. The number of nitrogens with one attached hydrogen (secondary N) is 1. The molecule has 2 aromatic rings. The molecule has 0 saturated carbocycles.